The number of amides is 1. The number of nitrogens with two attached hydrogens (primary N) is 1. The van der Waals surface area contributed by atoms with Gasteiger partial charge in [-0.25, -0.2) is 4.79 Å². The van der Waals surface area contributed by atoms with E-state index in [0.29, 0.717) is 13.1 Å². The van der Waals surface area contributed by atoms with Gasteiger partial charge in [-0.3, -0.25) is 9.69 Å². The predicted octanol–water partition coefficient (Wildman–Crippen LogP) is 0.424. The topological polar surface area (TPSA) is 95.7 Å². The Morgan fingerprint density at radius 2 is 1.86 bits per heavy atom. The van der Waals surface area contributed by atoms with Crippen molar-refractivity contribution in [2.24, 2.45) is 5.73 Å². The molecule has 4 N–H and O–H groups in total. The summed E-state index contributed by atoms with van der Waals surface area (Å²) in [4.78, 5) is 24.7. The molecule has 1 heterocycles. The maximum atomic E-state index is 11.9. The molecule has 1 aromatic rings. The number of benzene rings is 1. The lowest BCUT2D eigenvalue weighted by Crippen LogP contribution is -2.44. The maximum Gasteiger partial charge on any atom is 0.335 e. The number of aromatic carboxylic acids is 1. The molecule has 0 bridgehead atoms. The average molecular weight is 291 g/mol. The fourth-order valence-electron chi connectivity index (χ4n) is 2.34. The van der Waals surface area contributed by atoms with Gasteiger partial charge >= 0.3 is 5.97 Å². The van der Waals surface area contributed by atoms with Crippen molar-refractivity contribution in [3.05, 3.63) is 35.4 Å². The Kier molecular flexibility index (Phi) is 5.30. The van der Waals surface area contributed by atoms with Crippen LogP contribution in [-0.4, -0.2) is 47.6 Å². The number of rotatable bonds is 5. The van der Waals surface area contributed by atoms with Crippen molar-refractivity contribution in [1.29, 1.82) is 0 Å². The smallest absolute Gasteiger partial charge is 0.335 e. The summed E-state index contributed by atoms with van der Waals surface area (Å²) >= 11 is 0. The van der Waals surface area contributed by atoms with Crippen LogP contribution in [0.15, 0.2) is 24.3 Å². The molecule has 0 atom stereocenters. The number of carbonyl (C=O) groups excluding carboxylic acids is 1. The molecule has 0 aliphatic carbocycles. The molecule has 1 amide bonds. The third kappa shape index (κ3) is 4.84. The van der Waals surface area contributed by atoms with E-state index in [-0.39, 0.29) is 17.5 Å². The van der Waals surface area contributed by atoms with E-state index in [1.54, 1.807) is 12.1 Å². The van der Waals surface area contributed by atoms with Crippen molar-refractivity contribution in [2.45, 2.75) is 25.4 Å². The zero-order valence-corrected chi connectivity index (χ0v) is 11.9. The minimum Gasteiger partial charge on any atom is -0.478 e. The highest BCUT2D eigenvalue weighted by atomic mass is 16.4. The molecule has 0 aromatic heterocycles. The first-order chi connectivity index (χ1) is 10.0. The van der Waals surface area contributed by atoms with E-state index in [2.05, 4.69) is 10.2 Å². The van der Waals surface area contributed by atoms with Crippen LogP contribution < -0.4 is 11.1 Å². The van der Waals surface area contributed by atoms with Crippen molar-refractivity contribution in [3.63, 3.8) is 0 Å². The third-order valence-electron chi connectivity index (χ3n) is 3.69. The molecule has 1 aliphatic heterocycles. The highest BCUT2D eigenvalue weighted by Crippen LogP contribution is 2.07. The van der Waals surface area contributed by atoms with Gasteiger partial charge in [0.1, 0.15) is 0 Å². The first kappa shape index (κ1) is 15.5. The minimum absolute atomic E-state index is 0.0206. The fraction of sp³-hybridized carbons (Fsp3) is 0.467. The Morgan fingerprint density at radius 1 is 1.24 bits per heavy atom. The molecule has 6 nitrogen and oxygen atoms in total. The second-order valence-electron chi connectivity index (χ2n) is 5.39. The minimum atomic E-state index is -0.950. The van der Waals surface area contributed by atoms with Gasteiger partial charge in [-0.1, -0.05) is 12.1 Å². The molecule has 114 valence electrons. The summed E-state index contributed by atoms with van der Waals surface area (Å²) in [5.41, 5.74) is 6.96. The number of hydrogen-bond donors (Lipinski definition) is 3. The second-order valence-corrected chi connectivity index (χ2v) is 5.39. The molecule has 0 unspecified atom stereocenters. The quantitative estimate of drug-likeness (QED) is 0.731. The van der Waals surface area contributed by atoms with Gasteiger partial charge in [-0.2, -0.15) is 0 Å². The summed E-state index contributed by atoms with van der Waals surface area (Å²) in [7, 11) is 0. The summed E-state index contributed by atoms with van der Waals surface area (Å²) in [5.74, 6) is -0.971. The summed E-state index contributed by atoms with van der Waals surface area (Å²) < 4.78 is 0. The predicted molar refractivity (Wildman–Crippen MR) is 78.9 cm³/mol. The largest absolute Gasteiger partial charge is 0.478 e. The highest BCUT2D eigenvalue weighted by Gasteiger charge is 2.17. The van der Waals surface area contributed by atoms with E-state index >= 15 is 0 Å². The number of carboxylic acid groups (broad SMARTS) is 1. The number of carbonyl (C=O) groups is 2. The van der Waals surface area contributed by atoms with Crippen molar-refractivity contribution < 1.29 is 14.7 Å². The number of likely N-dealkylation sites (tertiary alicyclic amines) is 1. The van der Waals surface area contributed by atoms with Crippen molar-refractivity contribution in [3.8, 4) is 0 Å². The highest BCUT2D eigenvalue weighted by molar-refractivity contribution is 5.87. The van der Waals surface area contributed by atoms with Gasteiger partial charge in [0, 0.05) is 25.7 Å². The van der Waals surface area contributed by atoms with Gasteiger partial charge in [0.2, 0.25) is 5.91 Å². The Hall–Kier alpha value is -1.92. The van der Waals surface area contributed by atoms with Crippen molar-refractivity contribution in [1.82, 2.24) is 10.2 Å². The number of nitrogens with one attached hydrogen (secondary N) is 1. The Balaban J connectivity index is 1.74. The van der Waals surface area contributed by atoms with Crippen LogP contribution in [-0.2, 0) is 11.3 Å². The van der Waals surface area contributed by atoms with Gasteiger partial charge in [0.05, 0.1) is 12.1 Å². The van der Waals surface area contributed by atoms with Crippen molar-refractivity contribution in [2.75, 3.05) is 19.6 Å². The zero-order valence-electron chi connectivity index (χ0n) is 11.9. The van der Waals surface area contributed by atoms with Gasteiger partial charge < -0.3 is 16.2 Å². The standard InChI is InChI=1S/C15H21N3O3/c16-13-5-7-18(8-6-13)10-14(19)17-9-11-1-3-12(4-2-11)15(20)21/h1-4,13H,5-10,16H2,(H,17,19)(H,20,21). The molecular formula is C15H21N3O3. The summed E-state index contributed by atoms with van der Waals surface area (Å²) in [6.07, 6.45) is 1.87. The van der Waals surface area contributed by atoms with E-state index in [1.165, 1.54) is 12.1 Å². The van der Waals surface area contributed by atoms with Gasteiger partial charge in [0.25, 0.3) is 0 Å². The lowest BCUT2D eigenvalue weighted by molar-refractivity contribution is -0.122. The number of piperidine rings is 1. The zero-order chi connectivity index (χ0) is 15.2. The summed E-state index contributed by atoms with van der Waals surface area (Å²) in [6, 6.07) is 6.76. The van der Waals surface area contributed by atoms with Crippen LogP contribution in [0.1, 0.15) is 28.8 Å². The third-order valence-corrected chi connectivity index (χ3v) is 3.69. The van der Waals surface area contributed by atoms with Gasteiger partial charge in [-0.15, -0.1) is 0 Å². The molecule has 0 saturated carbocycles. The first-order valence-corrected chi connectivity index (χ1v) is 7.11. The lowest BCUT2D eigenvalue weighted by atomic mass is 10.1. The Morgan fingerprint density at radius 3 is 2.43 bits per heavy atom. The van der Waals surface area contributed by atoms with E-state index < -0.39 is 5.97 Å². The van der Waals surface area contributed by atoms with Crippen LogP contribution in [0, 0.1) is 0 Å². The van der Waals surface area contributed by atoms with Crippen LogP contribution in [0.5, 0.6) is 0 Å². The van der Waals surface area contributed by atoms with Crippen LogP contribution in [0.25, 0.3) is 0 Å². The number of carboxylic acids is 1. The SMILES string of the molecule is NC1CCN(CC(=O)NCc2ccc(C(=O)O)cc2)CC1. The van der Waals surface area contributed by atoms with Crippen LogP contribution >= 0.6 is 0 Å². The molecule has 21 heavy (non-hydrogen) atoms. The molecule has 1 aliphatic rings. The average Bonchev–Trinajstić information content (AvgIpc) is 2.48. The molecule has 2 rings (SSSR count). The normalized spacial score (nSPS) is 16.6. The number of nitrogens with zero attached hydrogens (tertiary/aromatic N) is 1. The molecule has 0 spiro atoms. The number of hydrogen-bond acceptors (Lipinski definition) is 4. The van der Waals surface area contributed by atoms with Crippen LogP contribution in [0.4, 0.5) is 0 Å². The fourth-order valence-corrected chi connectivity index (χ4v) is 2.34. The van der Waals surface area contributed by atoms with Crippen LogP contribution in [0.3, 0.4) is 0 Å². The van der Waals surface area contributed by atoms with Gasteiger partial charge in [-0.05, 0) is 30.5 Å². The van der Waals surface area contributed by atoms with Gasteiger partial charge in [0.15, 0.2) is 0 Å². The Bertz CT molecular complexity index is 493. The monoisotopic (exact) mass is 291 g/mol. The van der Waals surface area contributed by atoms with E-state index in [0.717, 1.165) is 31.5 Å². The molecule has 0 radical (unpaired) electrons. The maximum absolute atomic E-state index is 11.9. The van der Waals surface area contributed by atoms with Crippen molar-refractivity contribution >= 4 is 11.9 Å². The Labute approximate surface area is 123 Å². The second kappa shape index (κ2) is 7.19. The molecule has 6 heteroatoms. The molecule has 1 fully saturated rings. The first-order valence-electron chi connectivity index (χ1n) is 7.11. The van der Waals surface area contributed by atoms with E-state index in [4.69, 9.17) is 10.8 Å². The van der Waals surface area contributed by atoms with E-state index in [9.17, 15) is 9.59 Å². The molecule has 1 saturated heterocycles. The lowest BCUT2D eigenvalue weighted by Gasteiger charge is -2.29. The molecule has 1 aromatic carbocycles. The molecular weight excluding hydrogens is 270 g/mol. The summed E-state index contributed by atoms with van der Waals surface area (Å²) in [5, 5.41) is 11.7. The summed E-state index contributed by atoms with van der Waals surface area (Å²) in [6.45, 7) is 2.52. The van der Waals surface area contributed by atoms with Crippen LogP contribution in [0.2, 0.25) is 0 Å². The van der Waals surface area contributed by atoms with E-state index in [1.807, 2.05) is 0 Å².